The first kappa shape index (κ1) is 26.8. The molecule has 2 aromatic rings. The van der Waals surface area contributed by atoms with Crippen molar-refractivity contribution in [1.82, 2.24) is 10.2 Å². The molecule has 0 saturated heterocycles. The van der Waals surface area contributed by atoms with Gasteiger partial charge >= 0.3 is 0 Å². The molecular weight excluding hydrogens is 471 g/mol. The van der Waals surface area contributed by atoms with Gasteiger partial charge in [0.1, 0.15) is 17.7 Å². The molecule has 0 heterocycles. The monoisotopic (exact) mass is 504 g/mol. The minimum absolute atomic E-state index is 0.0616. The molecule has 6 nitrogen and oxygen atoms in total. The molecule has 3 rings (SSSR count). The van der Waals surface area contributed by atoms with E-state index < -0.39 is 11.9 Å². The zero-order valence-electron chi connectivity index (χ0n) is 20.4. The number of rotatable bonds is 11. The van der Waals surface area contributed by atoms with Gasteiger partial charge < -0.3 is 19.7 Å². The van der Waals surface area contributed by atoms with Gasteiger partial charge in [-0.2, -0.15) is 0 Å². The van der Waals surface area contributed by atoms with Gasteiger partial charge in [0.15, 0.2) is 11.5 Å². The van der Waals surface area contributed by atoms with E-state index in [4.69, 9.17) is 21.1 Å². The smallest absolute Gasteiger partial charge is 0.247 e. The second-order valence-electron chi connectivity index (χ2n) is 8.79. The molecule has 2 amide bonds. The number of carbonyl (C=O) groups excluding carboxylic acids is 2. The lowest BCUT2D eigenvalue weighted by atomic mass is 9.94. The van der Waals surface area contributed by atoms with Crippen LogP contribution in [0, 0.1) is 5.82 Å². The summed E-state index contributed by atoms with van der Waals surface area (Å²) in [6.07, 6.45) is 5.94. The maximum atomic E-state index is 13.7. The van der Waals surface area contributed by atoms with E-state index in [0.29, 0.717) is 29.2 Å². The fraction of sp³-hybridized carbons (Fsp3) is 0.481. The lowest BCUT2D eigenvalue weighted by Crippen LogP contribution is -2.47. The average molecular weight is 505 g/mol. The Morgan fingerprint density at radius 2 is 1.83 bits per heavy atom. The molecule has 1 N–H and O–H groups in total. The van der Waals surface area contributed by atoms with Crippen LogP contribution in [0.25, 0.3) is 0 Å². The largest absolute Gasteiger partial charge is 0.493 e. The van der Waals surface area contributed by atoms with E-state index in [0.717, 1.165) is 38.5 Å². The van der Waals surface area contributed by atoms with Gasteiger partial charge in [-0.15, -0.1) is 11.6 Å². The molecule has 0 aromatic heterocycles. The fourth-order valence-corrected chi connectivity index (χ4v) is 4.53. The lowest BCUT2D eigenvalue weighted by Gasteiger charge is -2.33. The number of benzene rings is 2. The van der Waals surface area contributed by atoms with Crippen molar-refractivity contribution in [2.75, 3.05) is 19.6 Å². The van der Waals surface area contributed by atoms with Crippen LogP contribution < -0.4 is 14.8 Å². The van der Waals surface area contributed by atoms with Gasteiger partial charge in [-0.25, -0.2) is 4.39 Å². The predicted octanol–water partition coefficient (Wildman–Crippen LogP) is 5.38. The van der Waals surface area contributed by atoms with Crippen molar-refractivity contribution in [3.05, 3.63) is 59.4 Å². The number of halogens is 2. The first-order valence-corrected chi connectivity index (χ1v) is 12.7. The van der Waals surface area contributed by atoms with E-state index in [1.807, 2.05) is 6.92 Å². The highest BCUT2D eigenvalue weighted by atomic mass is 35.5. The van der Waals surface area contributed by atoms with Gasteiger partial charge in [0.05, 0.1) is 13.7 Å². The van der Waals surface area contributed by atoms with Gasteiger partial charge in [0.25, 0.3) is 0 Å². The average Bonchev–Trinajstić information content (AvgIpc) is 2.88. The van der Waals surface area contributed by atoms with Crippen LogP contribution in [0.15, 0.2) is 42.5 Å². The normalized spacial score (nSPS) is 14.7. The molecule has 0 bridgehead atoms. The Kier molecular flexibility index (Phi) is 10.2. The van der Waals surface area contributed by atoms with E-state index >= 15 is 0 Å². The van der Waals surface area contributed by atoms with Crippen LogP contribution in [0.5, 0.6) is 11.5 Å². The fourth-order valence-electron chi connectivity index (χ4n) is 4.37. The van der Waals surface area contributed by atoms with Crippen LogP contribution in [0.1, 0.15) is 62.6 Å². The summed E-state index contributed by atoms with van der Waals surface area (Å²) in [7, 11) is 1.54. The van der Waals surface area contributed by atoms with E-state index in [2.05, 4.69) is 5.32 Å². The van der Waals surface area contributed by atoms with Crippen molar-refractivity contribution < 1.29 is 23.5 Å². The van der Waals surface area contributed by atoms with Crippen molar-refractivity contribution in [2.45, 2.75) is 64.1 Å². The molecule has 8 heteroatoms. The zero-order valence-corrected chi connectivity index (χ0v) is 21.2. The van der Waals surface area contributed by atoms with Crippen molar-refractivity contribution in [1.29, 1.82) is 0 Å². The Balaban J connectivity index is 1.99. The van der Waals surface area contributed by atoms with Crippen LogP contribution in [-0.2, 0) is 16.1 Å². The summed E-state index contributed by atoms with van der Waals surface area (Å²) in [5, 5.41) is 3.15. The van der Waals surface area contributed by atoms with Crippen molar-refractivity contribution >= 4 is 23.4 Å². The maximum Gasteiger partial charge on any atom is 0.247 e. The molecule has 1 fully saturated rings. The molecule has 1 atom stereocenters. The molecule has 1 aliphatic rings. The van der Waals surface area contributed by atoms with Gasteiger partial charge in [-0.1, -0.05) is 44.4 Å². The molecular formula is C27H34ClFN2O4. The summed E-state index contributed by atoms with van der Waals surface area (Å²) in [5.74, 6) is -0.289. The number of amides is 2. The topological polar surface area (TPSA) is 67.9 Å². The SMILES string of the molecule is CCCOc1ccc([C@H](C(=O)NC2CCCCC2)N(Cc2ccc(F)cc2)C(=O)CCl)cc1OC. The van der Waals surface area contributed by atoms with Crippen molar-refractivity contribution in [3.63, 3.8) is 0 Å². The second kappa shape index (κ2) is 13.3. The number of alkyl halides is 1. The van der Waals surface area contributed by atoms with Crippen molar-refractivity contribution in [3.8, 4) is 11.5 Å². The molecule has 0 radical (unpaired) electrons. The number of hydrogen-bond donors (Lipinski definition) is 1. The summed E-state index contributed by atoms with van der Waals surface area (Å²) >= 11 is 5.98. The standard InChI is InChI=1S/C27H34ClFN2O4/c1-3-15-35-23-14-11-20(16-24(23)34-2)26(27(33)30-22-7-5-4-6-8-22)31(25(32)17-28)18-19-9-12-21(29)13-10-19/h9-14,16,22,26H,3-8,15,17-18H2,1-2H3,(H,30,33)/t26-/m1/s1. The first-order valence-electron chi connectivity index (χ1n) is 12.2. The molecule has 0 unspecified atom stereocenters. The van der Waals surface area contributed by atoms with E-state index in [-0.39, 0.29) is 30.2 Å². The second-order valence-corrected chi connectivity index (χ2v) is 9.05. The Labute approximate surface area is 211 Å². The number of hydrogen-bond acceptors (Lipinski definition) is 4. The van der Waals surface area contributed by atoms with Crippen LogP contribution >= 0.6 is 11.6 Å². The number of methoxy groups -OCH3 is 1. The van der Waals surface area contributed by atoms with Crippen LogP contribution in [-0.4, -0.2) is 42.4 Å². The Hall–Kier alpha value is -2.80. The molecule has 1 saturated carbocycles. The highest BCUT2D eigenvalue weighted by molar-refractivity contribution is 6.27. The van der Waals surface area contributed by atoms with Crippen LogP contribution in [0.4, 0.5) is 4.39 Å². The Morgan fingerprint density at radius 1 is 1.11 bits per heavy atom. The lowest BCUT2D eigenvalue weighted by molar-refractivity contribution is -0.140. The molecule has 190 valence electrons. The quantitative estimate of drug-likeness (QED) is 0.417. The third-order valence-corrected chi connectivity index (χ3v) is 6.41. The highest BCUT2D eigenvalue weighted by Gasteiger charge is 2.33. The van der Waals surface area contributed by atoms with Gasteiger partial charge in [-0.05, 0) is 54.7 Å². The highest BCUT2D eigenvalue weighted by Crippen LogP contribution is 2.34. The molecule has 2 aromatic carbocycles. The van der Waals surface area contributed by atoms with Gasteiger partial charge in [0.2, 0.25) is 11.8 Å². The summed E-state index contributed by atoms with van der Waals surface area (Å²) < 4.78 is 24.8. The van der Waals surface area contributed by atoms with E-state index in [1.54, 1.807) is 30.3 Å². The maximum absolute atomic E-state index is 13.7. The van der Waals surface area contributed by atoms with Crippen molar-refractivity contribution in [2.24, 2.45) is 0 Å². The third kappa shape index (κ3) is 7.34. The zero-order chi connectivity index (χ0) is 25.2. The van der Waals surface area contributed by atoms with Crippen LogP contribution in [0.3, 0.4) is 0 Å². The third-order valence-electron chi connectivity index (χ3n) is 6.18. The molecule has 0 aliphatic heterocycles. The summed E-state index contributed by atoms with van der Waals surface area (Å²) in [4.78, 5) is 28.2. The summed E-state index contributed by atoms with van der Waals surface area (Å²) in [6, 6.07) is 10.2. The molecule has 1 aliphatic carbocycles. The predicted molar refractivity (Wildman–Crippen MR) is 134 cm³/mol. The van der Waals surface area contributed by atoms with Gasteiger partial charge in [-0.3, -0.25) is 9.59 Å². The number of carbonyl (C=O) groups is 2. The number of ether oxygens (including phenoxy) is 2. The minimum Gasteiger partial charge on any atom is -0.493 e. The molecule has 35 heavy (non-hydrogen) atoms. The summed E-state index contributed by atoms with van der Waals surface area (Å²) in [5.41, 5.74) is 1.27. The minimum atomic E-state index is -0.942. The first-order chi connectivity index (χ1) is 17.0. The number of nitrogens with one attached hydrogen (secondary N) is 1. The number of nitrogens with zero attached hydrogens (tertiary/aromatic N) is 1. The van der Waals surface area contributed by atoms with E-state index in [9.17, 15) is 14.0 Å². The Morgan fingerprint density at radius 3 is 2.46 bits per heavy atom. The molecule has 0 spiro atoms. The van der Waals surface area contributed by atoms with E-state index in [1.165, 1.54) is 24.1 Å². The van der Waals surface area contributed by atoms with Gasteiger partial charge in [0, 0.05) is 12.6 Å². The van der Waals surface area contributed by atoms with Crippen LogP contribution in [0.2, 0.25) is 0 Å². The Bertz CT molecular complexity index is 980. The summed E-state index contributed by atoms with van der Waals surface area (Å²) in [6.45, 7) is 2.64.